The van der Waals surface area contributed by atoms with Crippen molar-refractivity contribution in [3.05, 3.63) is 15.6 Å². The second-order valence-corrected chi connectivity index (χ2v) is 5.26. The van der Waals surface area contributed by atoms with Crippen molar-refractivity contribution in [2.24, 2.45) is 0 Å². The molecule has 1 heterocycles. The smallest absolute Gasteiger partial charge is 0.0900 e. The molecule has 2 atom stereocenters. The molecule has 0 aliphatic rings. The summed E-state index contributed by atoms with van der Waals surface area (Å²) in [4.78, 5) is 5.77. The van der Waals surface area contributed by atoms with Crippen molar-refractivity contribution in [1.29, 1.82) is 0 Å². The van der Waals surface area contributed by atoms with Gasteiger partial charge in [-0.3, -0.25) is 0 Å². The van der Waals surface area contributed by atoms with E-state index in [1.165, 1.54) is 4.88 Å². The molecule has 1 rings (SSSR count). The Morgan fingerprint density at radius 2 is 2.13 bits per heavy atom. The first kappa shape index (κ1) is 12.6. The van der Waals surface area contributed by atoms with Crippen molar-refractivity contribution in [1.82, 2.24) is 10.3 Å². The first-order valence-electron chi connectivity index (χ1n) is 5.39. The molecule has 3 nitrogen and oxygen atoms in total. The Bertz CT molecular complexity index is 308. The van der Waals surface area contributed by atoms with Crippen molar-refractivity contribution in [3.8, 4) is 0 Å². The molecule has 0 amide bonds. The van der Waals surface area contributed by atoms with Crippen LogP contribution in [0.1, 0.15) is 41.9 Å². The Balaban J connectivity index is 2.67. The van der Waals surface area contributed by atoms with E-state index in [1.54, 1.807) is 11.3 Å². The van der Waals surface area contributed by atoms with Gasteiger partial charge in [0.25, 0.3) is 0 Å². The summed E-state index contributed by atoms with van der Waals surface area (Å²) in [5, 5.41) is 13.6. The van der Waals surface area contributed by atoms with E-state index in [0.717, 1.165) is 17.1 Å². The molecule has 0 aliphatic heterocycles. The van der Waals surface area contributed by atoms with Gasteiger partial charge in [-0.1, -0.05) is 6.92 Å². The fourth-order valence-corrected chi connectivity index (χ4v) is 2.59. The number of thiazole rings is 1. The highest BCUT2D eigenvalue weighted by Crippen LogP contribution is 2.22. The third-order valence-corrected chi connectivity index (χ3v) is 3.45. The summed E-state index contributed by atoms with van der Waals surface area (Å²) < 4.78 is 0. The maximum atomic E-state index is 9.12. The van der Waals surface area contributed by atoms with Crippen LogP contribution < -0.4 is 5.32 Å². The molecular formula is C11H20N2OS. The van der Waals surface area contributed by atoms with Crippen LogP contribution >= 0.6 is 11.3 Å². The van der Waals surface area contributed by atoms with Crippen LogP contribution in [0.3, 0.4) is 0 Å². The predicted octanol–water partition coefficient (Wildman–Crippen LogP) is 2.18. The molecule has 0 aromatic carbocycles. The van der Waals surface area contributed by atoms with Crippen LogP contribution in [0.2, 0.25) is 0 Å². The van der Waals surface area contributed by atoms with Crippen molar-refractivity contribution in [3.63, 3.8) is 0 Å². The van der Waals surface area contributed by atoms with Crippen LogP contribution in [0.5, 0.6) is 0 Å². The number of aromatic nitrogens is 1. The Labute approximate surface area is 95.6 Å². The van der Waals surface area contributed by atoms with E-state index in [0.29, 0.717) is 0 Å². The van der Waals surface area contributed by atoms with Gasteiger partial charge in [0.2, 0.25) is 0 Å². The minimum absolute atomic E-state index is 0.168. The van der Waals surface area contributed by atoms with Crippen LogP contribution in [0, 0.1) is 13.8 Å². The van der Waals surface area contributed by atoms with Gasteiger partial charge in [0, 0.05) is 17.0 Å². The quantitative estimate of drug-likeness (QED) is 0.812. The molecule has 0 aliphatic carbocycles. The number of nitrogens with one attached hydrogen (secondary N) is 1. The summed E-state index contributed by atoms with van der Waals surface area (Å²) >= 11 is 1.73. The van der Waals surface area contributed by atoms with Crippen LogP contribution in [0.15, 0.2) is 0 Å². The molecule has 0 fully saturated rings. The van der Waals surface area contributed by atoms with Gasteiger partial charge in [-0.05, 0) is 27.2 Å². The summed E-state index contributed by atoms with van der Waals surface area (Å²) in [7, 11) is 0. The summed E-state index contributed by atoms with van der Waals surface area (Å²) in [6.45, 7) is 8.47. The van der Waals surface area contributed by atoms with Gasteiger partial charge in [0.05, 0.1) is 17.3 Å². The summed E-state index contributed by atoms with van der Waals surface area (Å²) in [6, 6.07) is 0.383. The molecule has 86 valence electrons. The summed E-state index contributed by atoms with van der Waals surface area (Å²) in [6.07, 6.45) is 0.934. The van der Waals surface area contributed by atoms with Crippen LogP contribution in [0.4, 0.5) is 0 Å². The van der Waals surface area contributed by atoms with Crippen molar-refractivity contribution < 1.29 is 5.11 Å². The molecule has 1 aromatic heterocycles. The first-order valence-corrected chi connectivity index (χ1v) is 6.21. The highest BCUT2D eigenvalue weighted by molar-refractivity contribution is 7.11. The maximum Gasteiger partial charge on any atom is 0.0900 e. The second-order valence-electron chi connectivity index (χ2n) is 3.85. The van der Waals surface area contributed by atoms with E-state index < -0.39 is 0 Å². The number of hydrogen-bond donors (Lipinski definition) is 2. The van der Waals surface area contributed by atoms with Crippen LogP contribution in [0.25, 0.3) is 0 Å². The molecule has 0 spiro atoms. The van der Waals surface area contributed by atoms with Crippen LogP contribution in [-0.4, -0.2) is 22.7 Å². The van der Waals surface area contributed by atoms with Gasteiger partial charge in [0.15, 0.2) is 0 Å². The number of aryl methyl sites for hydroxylation is 2. The molecule has 0 saturated heterocycles. The Kier molecular flexibility index (Phi) is 4.70. The SMILES string of the molecule is CCC(CO)NC(C)c1nc(C)sc1C. The number of hydrogen-bond acceptors (Lipinski definition) is 4. The minimum Gasteiger partial charge on any atom is -0.395 e. The Morgan fingerprint density at radius 3 is 2.53 bits per heavy atom. The molecule has 0 bridgehead atoms. The Hall–Kier alpha value is -0.450. The normalized spacial score (nSPS) is 15.3. The van der Waals surface area contributed by atoms with E-state index in [1.807, 2.05) is 6.92 Å². The van der Waals surface area contributed by atoms with E-state index >= 15 is 0 Å². The molecule has 2 unspecified atom stereocenters. The average Bonchev–Trinajstić information content (AvgIpc) is 2.54. The van der Waals surface area contributed by atoms with Gasteiger partial charge in [-0.2, -0.15) is 0 Å². The monoisotopic (exact) mass is 228 g/mol. The molecular weight excluding hydrogens is 208 g/mol. The van der Waals surface area contributed by atoms with E-state index in [9.17, 15) is 0 Å². The fourth-order valence-electron chi connectivity index (χ4n) is 1.68. The predicted molar refractivity (Wildman–Crippen MR) is 64.3 cm³/mol. The lowest BCUT2D eigenvalue weighted by molar-refractivity contribution is 0.229. The fraction of sp³-hybridized carbons (Fsp3) is 0.727. The van der Waals surface area contributed by atoms with Gasteiger partial charge in [0.1, 0.15) is 0 Å². The van der Waals surface area contributed by atoms with Gasteiger partial charge < -0.3 is 10.4 Å². The van der Waals surface area contributed by atoms with Crippen molar-refractivity contribution in [2.75, 3.05) is 6.61 Å². The van der Waals surface area contributed by atoms with Gasteiger partial charge in [-0.15, -0.1) is 11.3 Å². The lowest BCUT2D eigenvalue weighted by Crippen LogP contribution is -2.34. The van der Waals surface area contributed by atoms with Crippen LogP contribution in [-0.2, 0) is 0 Å². The highest BCUT2D eigenvalue weighted by atomic mass is 32.1. The zero-order chi connectivity index (χ0) is 11.4. The second kappa shape index (κ2) is 5.58. The molecule has 2 N–H and O–H groups in total. The standard InChI is InChI=1S/C11H20N2OS/c1-5-10(6-14)12-7(2)11-8(3)15-9(4)13-11/h7,10,12,14H,5-6H2,1-4H3. The van der Waals surface area contributed by atoms with Crippen molar-refractivity contribution in [2.45, 2.75) is 46.2 Å². The van der Waals surface area contributed by atoms with E-state index in [-0.39, 0.29) is 18.7 Å². The van der Waals surface area contributed by atoms with Gasteiger partial charge >= 0.3 is 0 Å². The largest absolute Gasteiger partial charge is 0.395 e. The first-order chi connectivity index (χ1) is 7.08. The molecule has 4 heteroatoms. The molecule has 0 radical (unpaired) electrons. The molecule has 0 saturated carbocycles. The zero-order valence-corrected chi connectivity index (χ0v) is 10.7. The topological polar surface area (TPSA) is 45.1 Å². The summed E-state index contributed by atoms with van der Waals surface area (Å²) in [5.41, 5.74) is 1.12. The van der Waals surface area contributed by atoms with E-state index in [4.69, 9.17) is 5.11 Å². The molecule has 1 aromatic rings. The average molecular weight is 228 g/mol. The third kappa shape index (κ3) is 3.26. The minimum atomic E-state index is 0.168. The highest BCUT2D eigenvalue weighted by Gasteiger charge is 2.15. The lowest BCUT2D eigenvalue weighted by Gasteiger charge is -2.19. The van der Waals surface area contributed by atoms with Gasteiger partial charge in [-0.25, -0.2) is 4.98 Å². The Morgan fingerprint density at radius 1 is 1.47 bits per heavy atom. The lowest BCUT2D eigenvalue weighted by atomic mass is 10.1. The summed E-state index contributed by atoms with van der Waals surface area (Å²) in [5.74, 6) is 0. The number of aliphatic hydroxyl groups is 1. The third-order valence-electron chi connectivity index (χ3n) is 2.55. The number of aliphatic hydroxyl groups excluding tert-OH is 1. The zero-order valence-electron chi connectivity index (χ0n) is 9.87. The molecule has 15 heavy (non-hydrogen) atoms. The number of rotatable bonds is 5. The van der Waals surface area contributed by atoms with Crippen molar-refractivity contribution >= 4 is 11.3 Å². The maximum absolute atomic E-state index is 9.12. The van der Waals surface area contributed by atoms with E-state index in [2.05, 4.69) is 31.1 Å². The number of nitrogens with zero attached hydrogens (tertiary/aromatic N) is 1.